The van der Waals surface area contributed by atoms with Crippen LogP contribution in [0.1, 0.15) is 51.7 Å². The van der Waals surface area contributed by atoms with Gasteiger partial charge in [-0.2, -0.15) is 0 Å². The van der Waals surface area contributed by atoms with Crippen LogP contribution in [0.3, 0.4) is 0 Å². The summed E-state index contributed by atoms with van der Waals surface area (Å²) >= 11 is 3.40. The zero-order chi connectivity index (χ0) is 30.0. The molecule has 0 saturated carbocycles. The first-order valence-corrected chi connectivity index (χ1v) is 15.2. The van der Waals surface area contributed by atoms with Crippen molar-refractivity contribution in [3.63, 3.8) is 0 Å². The zero-order valence-corrected chi connectivity index (χ0v) is 26.0. The first-order valence-electron chi connectivity index (χ1n) is 14.1. The molecule has 1 aliphatic heterocycles. The summed E-state index contributed by atoms with van der Waals surface area (Å²) in [5.74, 6) is -0.879. The van der Waals surface area contributed by atoms with E-state index in [1.54, 1.807) is 38.7 Å². The summed E-state index contributed by atoms with van der Waals surface area (Å²) in [7, 11) is 0. The average Bonchev–Trinajstić information content (AvgIpc) is 2.90. The summed E-state index contributed by atoms with van der Waals surface area (Å²) in [6.07, 6.45) is 4.31. The molecule has 0 radical (unpaired) electrons. The number of carbonyl (C=O) groups excluding carboxylic acids is 2. The lowest BCUT2D eigenvalue weighted by atomic mass is 9.89. The Hall–Kier alpha value is -2.91. The Morgan fingerprint density at radius 3 is 2.56 bits per heavy atom. The minimum atomic E-state index is -1.21. The molecular formula is C32H42BrFN2O5. The van der Waals surface area contributed by atoms with Crippen LogP contribution in [0.5, 0.6) is 5.75 Å². The summed E-state index contributed by atoms with van der Waals surface area (Å²) in [4.78, 5) is 29.9. The van der Waals surface area contributed by atoms with E-state index < -0.39 is 35.6 Å². The molecule has 2 aromatic rings. The van der Waals surface area contributed by atoms with Crippen molar-refractivity contribution in [2.45, 2.75) is 71.2 Å². The smallest absolute Gasteiger partial charge is 0.411 e. The molecule has 2 amide bonds. The first kappa shape index (κ1) is 32.6. The molecule has 1 aliphatic rings. The quantitative estimate of drug-likeness (QED) is 0.173. The summed E-state index contributed by atoms with van der Waals surface area (Å²) < 4.78 is 25.8. The molecule has 3 atom stereocenters. The van der Waals surface area contributed by atoms with Crippen LogP contribution in [0.2, 0.25) is 0 Å². The second kappa shape index (κ2) is 15.4. The van der Waals surface area contributed by atoms with Crippen molar-refractivity contribution in [2.24, 2.45) is 5.92 Å². The fourth-order valence-electron chi connectivity index (χ4n) is 4.77. The maximum Gasteiger partial charge on any atom is 0.411 e. The normalized spacial score (nSPS) is 17.5. The van der Waals surface area contributed by atoms with Crippen LogP contribution in [0.4, 0.5) is 9.18 Å². The Morgan fingerprint density at radius 1 is 1.15 bits per heavy atom. The zero-order valence-electron chi connectivity index (χ0n) is 24.4. The Morgan fingerprint density at radius 2 is 1.88 bits per heavy atom. The Kier molecular flexibility index (Phi) is 12.2. The molecular weight excluding hydrogens is 591 g/mol. The fourth-order valence-corrected chi connectivity index (χ4v) is 5.09. The van der Waals surface area contributed by atoms with Gasteiger partial charge in [-0.25, -0.2) is 9.18 Å². The van der Waals surface area contributed by atoms with Crippen LogP contribution in [-0.4, -0.2) is 69.7 Å². The molecule has 0 bridgehead atoms. The van der Waals surface area contributed by atoms with Crippen LogP contribution in [0, 0.1) is 11.7 Å². The fraction of sp³-hybridized carbons (Fsp3) is 0.500. The van der Waals surface area contributed by atoms with E-state index in [4.69, 9.17) is 9.47 Å². The number of carbonyl (C=O) groups is 2. The lowest BCUT2D eigenvalue weighted by Gasteiger charge is -2.43. The van der Waals surface area contributed by atoms with Crippen molar-refractivity contribution in [2.75, 3.05) is 25.0 Å². The third-order valence-corrected chi connectivity index (χ3v) is 7.33. The largest absolute Gasteiger partial charge is 0.489 e. The van der Waals surface area contributed by atoms with Gasteiger partial charge >= 0.3 is 6.09 Å². The maximum atomic E-state index is 14.5. The number of rotatable bonds is 12. The minimum Gasteiger partial charge on any atom is -0.489 e. The number of alkyl halides is 1. The third-order valence-electron chi connectivity index (χ3n) is 6.77. The van der Waals surface area contributed by atoms with Crippen molar-refractivity contribution in [1.29, 1.82) is 0 Å². The van der Waals surface area contributed by atoms with Gasteiger partial charge in [0, 0.05) is 31.0 Å². The van der Waals surface area contributed by atoms with E-state index in [1.165, 1.54) is 17.0 Å². The molecule has 1 N–H and O–H groups in total. The van der Waals surface area contributed by atoms with Gasteiger partial charge in [0.15, 0.2) is 0 Å². The molecule has 2 aromatic carbocycles. The minimum absolute atomic E-state index is 0.225. The molecule has 1 heterocycles. The molecule has 0 aliphatic carbocycles. The molecule has 41 heavy (non-hydrogen) atoms. The summed E-state index contributed by atoms with van der Waals surface area (Å²) in [6, 6.07) is 12.9. The van der Waals surface area contributed by atoms with Gasteiger partial charge in [0.2, 0.25) is 5.91 Å². The van der Waals surface area contributed by atoms with E-state index >= 15 is 0 Å². The number of nitrogens with zero attached hydrogens (tertiary/aromatic N) is 2. The van der Waals surface area contributed by atoms with Crippen LogP contribution < -0.4 is 4.74 Å². The number of ether oxygens (including phenoxy) is 2. The number of piperazine rings is 1. The standard InChI is InChI=1S/C32H42BrFN2O5/c1-23(18-25-19-26(34)21-27(20-25)40-17-11-6-5-10-14-33)29(37)28-30(38)35(22-24-12-8-7-9-13-24)15-16-36(28)31(39)41-32(2,3)4/h6-9,11-13,19-21,23,28-29,37H,5,10,14-18,22H2,1-4H3/t23-,28-,29-/m0/s1. The number of hydrogen-bond donors (Lipinski definition) is 1. The van der Waals surface area contributed by atoms with Gasteiger partial charge in [0.05, 0.1) is 6.10 Å². The van der Waals surface area contributed by atoms with E-state index in [9.17, 15) is 19.1 Å². The number of hydrogen-bond acceptors (Lipinski definition) is 5. The average molecular weight is 634 g/mol. The number of unbranched alkanes of at least 4 members (excludes halogenated alkanes) is 1. The first-order chi connectivity index (χ1) is 19.5. The van der Waals surface area contributed by atoms with Crippen molar-refractivity contribution in [3.05, 3.63) is 77.6 Å². The van der Waals surface area contributed by atoms with Gasteiger partial charge in [0.1, 0.15) is 29.8 Å². The number of aliphatic hydroxyl groups excluding tert-OH is 1. The SMILES string of the molecule is C[C@@H](Cc1cc(F)cc(OCC=CCCCBr)c1)[C@H](O)[C@H]1C(=O)N(Cc2ccccc2)CCN1C(=O)OC(C)(C)C. The summed E-state index contributed by atoms with van der Waals surface area (Å²) in [5, 5.41) is 12.5. The highest BCUT2D eigenvalue weighted by atomic mass is 79.9. The highest BCUT2D eigenvalue weighted by molar-refractivity contribution is 9.09. The van der Waals surface area contributed by atoms with Crippen LogP contribution >= 0.6 is 15.9 Å². The highest BCUT2D eigenvalue weighted by Crippen LogP contribution is 2.27. The molecule has 0 spiro atoms. The number of aliphatic hydroxyl groups is 1. The van der Waals surface area contributed by atoms with Crippen molar-refractivity contribution >= 4 is 27.9 Å². The lowest BCUT2D eigenvalue weighted by molar-refractivity contribution is -0.149. The second-order valence-electron chi connectivity index (χ2n) is 11.4. The van der Waals surface area contributed by atoms with Crippen molar-refractivity contribution < 1.29 is 28.6 Å². The molecule has 3 rings (SSSR count). The molecule has 1 fully saturated rings. The summed E-state index contributed by atoms with van der Waals surface area (Å²) in [5.41, 5.74) is 0.824. The molecule has 224 valence electrons. The topological polar surface area (TPSA) is 79.3 Å². The summed E-state index contributed by atoms with van der Waals surface area (Å²) in [6.45, 7) is 8.30. The number of amides is 2. The van der Waals surface area contributed by atoms with Crippen molar-refractivity contribution in [3.8, 4) is 5.75 Å². The Labute approximate surface area is 251 Å². The predicted octanol–water partition coefficient (Wildman–Crippen LogP) is 6.12. The number of allylic oxidation sites excluding steroid dienone is 1. The van der Waals surface area contributed by atoms with E-state index in [0.717, 1.165) is 23.7 Å². The van der Waals surface area contributed by atoms with Crippen LogP contribution in [0.25, 0.3) is 0 Å². The molecule has 9 heteroatoms. The van der Waals surface area contributed by atoms with Gasteiger partial charge in [-0.1, -0.05) is 65.3 Å². The van der Waals surface area contributed by atoms with E-state index in [-0.39, 0.29) is 18.9 Å². The molecule has 7 nitrogen and oxygen atoms in total. The maximum absolute atomic E-state index is 14.5. The van der Waals surface area contributed by atoms with E-state index in [0.29, 0.717) is 31.0 Å². The lowest BCUT2D eigenvalue weighted by Crippen LogP contribution is -2.64. The third kappa shape index (κ3) is 10.1. The van der Waals surface area contributed by atoms with Gasteiger partial charge in [0.25, 0.3) is 0 Å². The highest BCUT2D eigenvalue weighted by Gasteiger charge is 2.44. The Bertz CT molecular complexity index is 1170. The van der Waals surface area contributed by atoms with E-state index in [2.05, 4.69) is 15.9 Å². The van der Waals surface area contributed by atoms with Crippen LogP contribution in [-0.2, 0) is 22.5 Å². The second-order valence-corrected chi connectivity index (χ2v) is 12.2. The van der Waals surface area contributed by atoms with E-state index in [1.807, 2.05) is 42.5 Å². The number of halogens is 2. The molecule has 1 saturated heterocycles. The van der Waals surface area contributed by atoms with Gasteiger partial charge in [-0.3, -0.25) is 9.69 Å². The van der Waals surface area contributed by atoms with Gasteiger partial charge in [-0.15, -0.1) is 0 Å². The Balaban J connectivity index is 1.76. The van der Waals surface area contributed by atoms with Gasteiger partial charge < -0.3 is 19.5 Å². The van der Waals surface area contributed by atoms with Crippen molar-refractivity contribution in [1.82, 2.24) is 9.80 Å². The molecule has 0 unspecified atom stereocenters. The monoisotopic (exact) mass is 632 g/mol. The van der Waals surface area contributed by atoms with Gasteiger partial charge in [-0.05, 0) is 69.2 Å². The van der Waals surface area contributed by atoms with Crippen LogP contribution in [0.15, 0.2) is 60.7 Å². The number of benzene rings is 2. The molecule has 0 aromatic heterocycles. The predicted molar refractivity (Wildman–Crippen MR) is 162 cm³/mol.